The van der Waals surface area contributed by atoms with Gasteiger partial charge < -0.3 is 0 Å². The normalized spacial score (nSPS) is 18.9. The Morgan fingerprint density at radius 1 is 1.00 bits per heavy atom. The summed E-state index contributed by atoms with van der Waals surface area (Å²) in [5, 5.41) is 4.49. The van der Waals surface area contributed by atoms with Crippen LogP contribution in [0.5, 0.6) is 0 Å². The molecule has 1 saturated heterocycles. The second kappa shape index (κ2) is 8.80. The van der Waals surface area contributed by atoms with Gasteiger partial charge in [0.2, 0.25) is 11.8 Å². The van der Waals surface area contributed by atoms with Crippen LogP contribution >= 0.6 is 0 Å². The Kier molecular flexibility index (Phi) is 8.63. The van der Waals surface area contributed by atoms with Gasteiger partial charge in [-0.05, 0) is 18.8 Å². The van der Waals surface area contributed by atoms with Crippen molar-refractivity contribution in [2.45, 2.75) is 59.3 Å². The van der Waals surface area contributed by atoms with Crippen LogP contribution in [0, 0.1) is 11.3 Å². The molecule has 5 nitrogen and oxygen atoms in total. The average molecular weight is 291 g/mol. The van der Waals surface area contributed by atoms with Gasteiger partial charge in [0.1, 0.15) is 5.41 Å². The molecule has 0 saturated carbocycles. The molecule has 4 amide bonds. The molecule has 2 N–H and O–H groups in total. The maximum Gasteiger partial charge on any atom is 0.328 e. The van der Waals surface area contributed by atoms with Gasteiger partial charge in [-0.3, -0.25) is 20.2 Å². The van der Waals surface area contributed by atoms with Gasteiger partial charge in [-0.25, -0.2) is 4.79 Å². The molecule has 1 heterocycles. The number of barbiturate groups is 1. The molecule has 109 valence electrons. The van der Waals surface area contributed by atoms with E-state index in [9.17, 15) is 14.4 Å². The fraction of sp³-hybridized carbons (Fsp3) is 0.786. The van der Waals surface area contributed by atoms with Gasteiger partial charge in [-0.15, -0.1) is 0 Å². The Balaban J connectivity index is 0.00000361. The van der Waals surface area contributed by atoms with Crippen LogP contribution in [-0.2, 0) is 9.59 Å². The number of amides is 4. The zero-order chi connectivity index (χ0) is 14.5. The molecule has 1 aliphatic rings. The third-order valence-electron chi connectivity index (χ3n) is 4.17. The number of urea groups is 1. The molecule has 1 atom stereocenters. The first kappa shape index (κ1) is 19.6. The number of carbonyl (C=O) groups excluding carboxylic acids is 3. The van der Waals surface area contributed by atoms with Crippen molar-refractivity contribution in [1.29, 1.82) is 0 Å². The predicted molar refractivity (Wildman–Crippen MR) is 78.1 cm³/mol. The van der Waals surface area contributed by atoms with Gasteiger partial charge in [-0.2, -0.15) is 0 Å². The van der Waals surface area contributed by atoms with Gasteiger partial charge in [-0.1, -0.05) is 46.5 Å². The fourth-order valence-electron chi connectivity index (χ4n) is 2.98. The van der Waals surface area contributed by atoms with E-state index in [2.05, 4.69) is 17.6 Å². The zero-order valence-corrected chi connectivity index (χ0v) is 15.0. The molecule has 0 aromatic rings. The summed E-state index contributed by atoms with van der Waals surface area (Å²) in [5.41, 5.74) is -1.09. The number of unbranched alkanes of at least 4 members (excludes halogenated alkanes) is 2. The molecule has 20 heavy (non-hydrogen) atoms. The Labute approximate surface area is 142 Å². The summed E-state index contributed by atoms with van der Waals surface area (Å²) in [6.07, 6.45) is 5.22. The van der Waals surface area contributed by atoms with E-state index in [-0.39, 0.29) is 35.5 Å². The van der Waals surface area contributed by atoms with Crippen molar-refractivity contribution in [2.24, 2.45) is 11.3 Å². The molecule has 1 radical (unpaired) electrons. The van der Waals surface area contributed by atoms with Crippen molar-refractivity contribution in [3.8, 4) is 0 Å². The van der Waals surface area contributed by atoms with E-state index in [1.807, 2.05) is 13.8 Å². The largest absolute Gasteiger partial charge is 0.328 e. The first-order chi connectivity index (χ1) is 9.02. The van der Waals surface area contributed by atoms with Crippen molar-refractivity contribution in [1.82, 2.24) is 10.6 Å². The van der Waals surface area contributed by atoms with Crippen molar-refractivity contribution >= 4 is 47.4 Å². The Hall–Kier alpha value is -0.390. The average Bonchev–Trinajstić information content (AvgIpc) is 2.36. The van der Waals surface area contributed by atoms with Crippen LogP contribution in [0.25, 0.3) is 0 Å². The molecule has 1 aliphatic heterocycles. The topological polar surface area (TPSA) is 75.3 Å². The van der Waals surface area contributed by atoms with Gasteiger partial charge in [0.25, 0.3) is 0 Å². The third-order valence-corrected chi connectivity index (χ3v) is 4.17. The number of hydrogen-bond donors (Lipinski definition) is 2. The minimum absolute atomic E-state index is 0. The van der Waals surface area contributed by atoms with Crippen LogP contribution < -0.4 is 10.6 Å². The van der Waals surface area contributed by atoms with E-state index in [1.165, 1.54) is 0 Å². The number of hydrogen-bond acceptors (Lipinski definition) is 3. The maximum atomic E-state index is 12.2. The van der Waals surface area contributed by atoms with Gasteiger partial charge >= 0.3 is 6.03 Å². The van der Waals surface area contributed by atoms with E-state index in [0.29, 0.717) is 6.42 Å². The van der Waals surface area contributed by atoms with Gasteiger partial charge in [0, 0.05) is 29.6 Å². The molecular weight excluding hydrogens is 267 g/mol. The summed E-state index contributed by atoms with van der Waals surface area (Å²) in [6.45, 7) is 5.94. The number of imide groups is 2. The van der Waals surface area contributed by atoms with E-state index in [1.54, 1.807) is 0 Å². The summed E-state index contributed by atoms with van der Waals surface area (Å²) in [6, 6.07) is -0.706. The van der Waals surface area contributed by atoms with Crippen LogP contribution in [0.4, 0.5) is 4.79 Å². The van der Waals surface area contributed by atoms with E-state index in [4.69, 9.17) is 0 Å². The molecule has 1 rings (SSSR count). The minimum atomic E-state index is -1.09. The minimum Gasteiger partial charge on any atom is -0.277 e. The summed E-state index contributed by atoms with van der Waals surface area (Å²) in [5.74, 6) is -0.892. The fourth-order valence-corrected chi connectivity index (χ4v) is 2.98. The molecule has 0 aliphatic carbocycles. The van der Waals surface area contributed by atoms with Crippen LogP contribution in [0.15, 0.2) is 0 Å². The smallest absolute Gasteiger partial charge is 0.277 e. The maximum absolute atomic E-state index is 12.2. The second-order valence-electron chi connectivity index (χ2n) is 5.16. The van der Waals surface area contributed by atoms with Crippen molar-refractivity contribution in [3.05, 3.63) is 0 Å². The molecular formula is C14H24N2NaO3. The Morgan fingerprint density at radius 2 is 1.55 bits per heavy atom. The molecule has 0 aromatic heterocycles. The van der Waals surface area contributed by atoms with Crippen molar-refractivity contribution in [2.75, 3.05) is 0 Å². The van der Waals surface area contributed by atoms with Crippen LogP contribution in [0.1, 0.15) is 59.3 Å². The summed E-state index contributed by atoms with van der Waals surface area (Å²) < 4.78 is 0. The molecule has 0 spiro atoms. The molecule has 1 unspecified atom stereocenters. The van der Waals surface area contributed by atoms with Crippen LogP contribution in [0.2, 0.25) is 0 Å². The number of rotatable bonds is 7. The Bertz CT molecular complexity index is 351. The summed E-state index contributed by atoms with van der Waals surface area (Å²) >= 11 is 0. The summed E-state index contributed by atoms with van der Waals surface area (Å²) in [4.78, 5) is 35.6. The molecule has 0 bridgehead atoms. The van der Waals surface area contributed by atoms with E-state index in [0.717, 1.165) is 32.1 Å². The number of carbonyl (C=O) groups is 3. The Morgan fingerprint density at radius 3 is 1.95 bits per heavy atom. The third kappa shape index (κ3) is 3.83. The molecule has 1 fully saturated rings. The van der Waals surface area contributed by atoms with E-state index < -0.39 is 23.3 Å². The van der Waals surface area contributed by atoms with Crippen molar-refractivity contribution in [3.63, 3.8) is 0 Å². The van der Waals surface area contributed by atoms with Crippen molar-refractivity contribution < 1.29 is 14.4 Å². The molecule has 0 aromatic carbocycles. The SMILES string of the molecule is CCCCCC(CC)C1(CC)C(=O)NC(=O)NC1=O.[Na]. The quantitative estimate of drug-likeness (QED) is 0.428. The summed E-state index contributed by atoms with van der Waals surface area (Å²) in [7, 11) is 0. The standard InChI is InChI=1S/C14H24N2O3.Na/c1-4-7-8-9-10(5-2)14(6-3)11(17)15-13(19)16-12(14)18;/h10H,4-9H2,1-3H3,(H2,15,16,17,18,19);. The first-order valence-electron chi connectivity index (χ1n) is 7.19. The first-order valence-corrected chi connectivity index (χ1v) is 7.19. The van der Waals surface area contributed by atoms with Crippen LogP contribution in [0.3, 0.4) is 0 Å². The van der Waals surface area contributed by atoms with Gasteiger partial charge in [0.05, 0.1) is 0 Å². The van der Waals surface area contributed by atoms with Crippen LogP contribution in [-0.4, -0.2) is 47.4 Å². The molecule has 6 heteroatoms. The predicted octanol–water partition coefficient (Wildman–Crippen LogP) is 1.97. The van der Waals surface area contributed by atoms with Gasteiger partial charge in [0.15, 0.2) is 0 Å². The monoisotopic (exact) mass is 291 g/mol. The zero-order valence-electron chi connectivity index (χ0n) is 13.0. The van der Waals surface area contributed by atoms with E-state index >= 15 is 0 Å². The second-order valence-corrected chi connectivity index (χ2v) is 5.16. The number of nitrogens with one attached hydrogen (secondary N) is 2.